The molecule has 0 N–H and O–H groups in total. The highest BCUT2D eigenvalue weighted by molar-refractivity contribution is 6.35. The van der Waals surface area contributed by atoms with Gasteiger partial charge in [0.05, 0.1) is 18.2 Å². The maximum Gasteiger partial charge on any atom is 0.0761 e. The van der Waals surface area contributed by atoms with E-state index in [1.54, 1.807) is 0 Å². The van der Waals surface area contributed by atoms with Gasteiger partial charge in [0.2, 0.25) is 0 Å². The number of ether oxygens (including phenoxy) is 1. The van der Waals surface area contributed by atoms with E-state index in [9.17, 15) is 0 Å². The molecule has 1 unspecified atom stereocenters. The molecule has 1 saturated heterocycles. The van der Waals surface area contributed by atoms with E-state index in [0.29, 0.717) is 6.10 Å². The van der Waals surface area contributed by atoms with E-state index in [1.165, 1.54) is 5.56 Å². The van der Waals surface area contributed by atoms with Gasteiger partial charge in [-0.3, -0.25) is 9.88 Å². The Morgan fingerprint density at radius 1 is 1.42 bits per heavy atom. The highest BCUT2D eigenvalue weighted by Gasteiger charge is 2.17. The van der Waals surface area contributed by atoms with Crippen LogP contribution in [0.2, 0.25) is 5.02 Å². The molecule has 0 spiro atoms. The van der Waals surface area contributed by atoms with E-state index in [0.717, 1.165) is 42.2 Å². The van der Waals surface area contributed by atoms with Gasteiger partial charge < -0.3 is 4.74 Å². The number of rotatable bonds is 2. The molecule has 0 radical (unpaired) electrons. The van der Waals surface area contributed by atoms with Gasteiger partial charge >= 0.3 is 0 Å². The molecular formula is C15H17ClN2O. The number of fused-ring (bicyclic) bond motifs is 1. The van der Waals surface area contributed by atoms with Crippen LogP contribution >= 0.6 is 11.6 Å². The monoisotopic (exact) mass is 276 g/mol. The van der Waals surface area contributed by atoms with Crippen molar-refractivity contribution in [2.24, 2.45) is 0 Å². The van der Waals surface area contributed by atoms with Crippen molar-refractivity contribution in [3.63, 3.8) is 0 Å². The quantitative estimate of drug-likeness (QED) is 0.843. The second-order valence-corrected chi connectivity index (χ2v) is 5.43. The number of benzene rings is 1. The summed E-state index contributed by atoms with van der Waals surface area (Å²) in [6.07, 6.45) is 2.13. The Morgan fingerprint density at radius 2 is 2.32 bits per heavy atom. The third kappa shape index (κ3) is 2.73. The molecule has 0 aliphatic carbocycles. The molecule has 0 amide bonds. The zero-order valence-corrected chi connectivity index (χ0v) is 11.7. The number of aromatic nitrogens is 1. The molecular weight excluding hydrogens is 260 g/mol. The number of morpholine rings is 1. The normalized spacial score (nSPS) is 20.8. The molecule has 2 heterocycles. The van der Waals surface area contributed by atoms with E-state index in [2.05, 4.69) is 22.9 Å². The third-order valence-electron chi connectivity index (χ3n) is 3.52. The summed E-state index contributed by atoms with van der Waals surface area (Å²) < 4.78 is 5.57. The molecule has 4 heteroatoms. The van der Waals surface area contributed by atoms with Crippen LogP contribution < -0.4 is 0 Å². The van der Waals surface area contributed by atoms with Gasteiger partial charge in [0.15, 0.2) is 0 Å². The Labute approximate surface area is 118 Å². The fourth-order valence-corrected chi connectivity index (χ4v) is 2.81. The summed E-state index contributed by atoms with van der Waals surface area (Å²) in [6, 6.07) is 7.99. The highest BCUT2D eigenvalue weighted by Crippen LogP contribution is 2.25. The minimum absolute atomic E-state index is 0.306. The molecule has 19 heavy (non-hydrogen) atoms. The first-order valence-corrected chi connectivity index (χ1v) is 6.98. The largest absolute Gasteiger partial charge is 0.376 e. The van der Waals surface area contributed by atoms with E-state index in [4.69, 9.17) is 16.3 Å². The Morgan fingerprint density at radius 3 is 3.16 bits per heavy atom. The van der Waals surface area contributed by atoms with Gasteiger partial charge in [-0.15, -0.1) is 0 Å². The van der Waals surface area contributed by atoms with Crippen LogP contribution in [0, 0.1) is 0 Å². The topological polar surface area (TPSA) is 25.4 Å². The van der Waals surface area contributed by atoms with E-state index >= 15 is 0 Å². The molecule has 2 aromatic rings. The number of pyridine rings is 1. The van der Waals surface area contributed by atoms with Gasteiger partial charge in [-0.05, 0) is 30.7 Å². The maximum absolute atomic E-state index is 6.22. The second kappa shape index (κ2) is 5.45. The second-order valence-electron chi connectivity index (χ2n) is 5.02. The Bertz CT molecular complexity index is 587. The van der Waals surface area contributed by atoms with Crippen LogP contribution in [0.1, 0.15) is 12.5 Å². The number of nitrogens with zero attached hydrogens (tertiary/aromatic N) is 2. The van der Waals surface area contributed by atoms with Crippen molar-refractivity contribution in [3.05, 3.63) is 41.0 Å². The minimum atomic E-state index is 0.306. The van der Waals surface area contributed by atoms with Crippen molar-refractivity contribution in [3.8, 4) is 0 Å². The lowest BCUT2D eigenvalue weighted by Crippen LogP contribution is -2.40. The molecule has 1 aromatic carbocycles. The van der Waals surface area contributed by atoms with Gasteiger partial charge in [-0.1, -0.05) is 17.7 Å². The lowest BCUT2D eigenvalue weighted by atomic mass is 10.1. The summed E-state index contributed by atoms with van der Waals surface area (Å²) in [5.74, 6) is 0. The smallest absolute Gasteiger partial charge is 0.0761 e. The summed E-state index contributed by atoms with van der Waals surface area (Å²) >= 11 is 6.22. The first-order chi connectivity index (χ1) is 9.24. The standard InChI is InChI=1S/C15H17ClN2O/c1-11-9-18(7-8-19-11)10-12-4-5-14(16)13-3-2-6-17-15(12)13/h2-6,11H,7-10H2,1H3. The summed E-state index contributed by atoms with van der Waals surface area (Å²) in [6.45, 7) is 5.77. The van der Waals surface area contributed by atoms with Crippen LogP contribution in [-0.2, 0) is 11.3 Å². The van der Waals surface area contributed by atoms with Crippen molar-refractivity contribution in [1.29, 1.82) is 0 Å². The number of hydrogen-bond acceptors (Lipinski definition) is 3. The van der Waals surface area contributed by atoms with Crippen LogP contribution in [0.4, 0.5) is 0 Å². The zero-order valence-electron chi connectivity index (χ0n) is 11.0. The summed E-state index contributed by atoms with van der Waals surface area (Å²) in [4.78, 5) is 6.89. The lowest BCUT2D eigenvalue weighted by molar-refractivity contribution is -0.0210. The summed E-state index contributed by atoms with van der Waals surface area (Å²) in [7, 11) is 0. The molecule has 1 fully saturated rings. The fraction of sp³-hybridized carbons (Fsp3) is 0.400. The summed E-state index contributed by atoms with van der Waals surface area (Å²) in [5, 5.41) is 1.80. The van der Waals surface area contributed by atoms with E-state index in [-0.39, 0.29) is 0 Å². The zero-order chi connectivity index (χ0) is 13.2. The molecule has 0 bridgehead atoms. The van der Waals surface area contributed by atoms with Gasteiger partial charge in [0.25, 0.3) is 0 Å². The number of halogens is 1. The van der Waals surface area contributed by atoms with Crippen molar-refractivity contribution >= 4 is 22.5 Å². The molecule has 1 atom stereocenters. The molecule has 0 saturated carbocycles. The van der Waals surface area contributed by atoms with Crippen LogP contribution in [0.15, 0.2) is 30.5 Å². The summed E-state index contributed by atoms with van der Waals surface area (Å²) in [5.41, 5.74) is 2.24. The van der Waals surface area contributed by atoms with Crippen molar-refractivity contribution in [1.82, 2.24) is 9.88 Å². The fourth-order valence-electron chi connectivity index (χ4n) is 2.60. The van der Waals surface area contributed by atoms with Crippen molar-refractivity contribution in [2.75, 3.05) is 19.7 Å². The lowest BCUT2D eigenvalue weighted by Gasteiger charge is -2.31. The predicted molar refractivity (Wildman–Crippen MR) is 77.4 cm³/mol. The molecule has 100 valence electrons. The van der Waals surface area contributed by atoms with Crippen molar-refractivity contribution < 1.29 is 4.74 Å². The Kier molecular flexibility index (Phi) is 3.69. The SMILES string of the molecule is CC1CN(Cc2ccc(Cl)c3cccnc23)CCO1. The molecule has 1 aliphatic heterocycles. The molecule has 3 nitrogen and oxygen atoms in total. The van der Waals surface area contributed by atoms with Crippen LogP contribution in [0.3, 0.4) is 0 Å². The first kappa shape index (κ1) is 12.9. The average Bonchev–Trinajstić information content (AvgIpc) is 2.42. The molecule has 1 aromatic heterocycles. The van der Waals surface area contributed by atoms with Crippen molar-refractivity contribution in [2.45, 2.75) is 19.6 Å². The maximum atomic E-state index is 6.22. The van der Waals surface area contributed by atoms with Gasteiger partial charge in [-0.2, -0.15) is 0 Å². The van der Waals surface area contributed by atoms with Gasteiger partial charge in [0.1, 0.15) is 0 Å². The van der Waals surface area contributed by atoms with E-state index in [1.807, 2.05) is 24.4 Å². The van der Waals surface area contributed by atoms with Crippen LogP contribution in [-0.4, -0.2) is 35.7 Å². The number of hydrogen-bond donors (Lipinski definition) is 0. The van der Waals surface area contributed by atoms with E-state index < -0.39 is 0 Å². The Balaban J connectivity index is 1.90. The highest BCUT2D eigenvalue weighted by atomic mass is 35.5. The minimum Gasteiger partial charge on any atom is -0.376 e. The van der Waals surface area contributed by atoms with Gasteiger partial charge in [0, 0.05) is 36.2 Å². The predicted octanol–water partition coefficient (Wildman–Crippen LogP) is 3.11. The van der Waals surface area contributed by atoms with Crippen LogP contribution in [0.25, 0.3) is 10.9 Å². The first-order valence-electron chi connectivity index (χ1n) is 6.60. The van der Waals surface area contributed by atoms with Gasteiger partial charge in [-0.25, -0.2) is 0 Å². The Hall–Kier alpha value is -1.16. The van der Waals surface area contributed by atoms with Crippen LogP contribution in [0.5, 0.6) is 0 Å². The average molecular weight is 277 g/mol. The third-order valence-corrected chi connectivity index (χ3v) is 3.85. The molecule has 1 aliphatic rings. The molecule has 3 rings (SSSR count).